The van der Waals surface area contributed by atoms with Gasteiger partial charge in [0.25, 0.3) is 0 Å². The smallest absolute Gasteiger partial charge is 0.344 e. The molecule has 0 saturated carbocycles. The summed E-state index contributed by atoms with van der Waals surface area (Å²) in [5.41, 5.74) is 0.296. The zero-order valence-electron chi connectivity index (χ0n) is 10.5. The second-order valence-corrected chi connectivity index (χ2v) is 4.67. The molecule has 1 rings (SSSR count). The second-order valence-electron chi connectivity index (χ2n) is 3.83. The average molecular weight is 319 g/mol. The highest BCUT2D eigenvalue weighted by atomic mass is 35.5. The molecule has 20 heavy (non-hydrogen) atoms. The Labute approximate surface area is 125 Å². The van der Waals surface area contributed by atoms with Crippen LogP contribution in [0.15, 0.2) is 18.2 Å². The van der Waals surface area contributed by atoms with Crippen LogP contribution < -0.4 is 4.74 Å². The van der Waals surface area contributed by atoms with Crippen LogP contribution in [0.4, 0.5) is 0 Å². The summed E-state index contributed by atoms with van der Waals surface area (Å²) in [6.07, 6.45) is 1.28. The van der Waals surface area contributed by atoms with Crippen molar-refractivity contribution in [3.63, 3.8) is 0 Å². The number of rotatable bonds is 6. The maximum absolute atomic E-state index is 11.0. The number of ether oxygens (including phenoxy) is 1. The Hall–Kier alpha value is -1.72. The van der Waals surface area contributed by atoms with Crippen LogP contribution in [0.3, 0.4) is 0 Å². The Morgan fingerprint density at radius 2 is 2.00 bits per heavy atom. The van der Waals surface area contributed by atoms with E-state index in [2.05, 4.69) is 0 Å². The number of benzene rings is 1. The Bertz CT molecular complexity index is 554. The lowest BCUT2D eigenvalue weighted by molar-refractivity contribution is -0.145. The molecule has 7 heteroatoms. The van der Waals surface area contributed by atoms with Crippen molar-refractivity contribution in [3.8, 4) is 5.75 Å². The average Bonchev–Trinajstić information content (AvgIpc) is 2.34. The van der Waals surface area contributed by atoms with Gasteiger partial charge < -0.3 is 14.9 Å². The van der Waals surface area contributed by atoms with Crippen molar-refractivity contribution in [2.75, 3.05) is 0 Å². The first-order valence-corrected chi connectivity index (χ1v) is 6.40. The fourth-order valence-corrected chi connectivity index (χ4v) is 1.99. The van der Waals surface area contributed by atoms with E-state index < -0.39 is 18.0 Å². The Morgan fingerprint density at radius 1 is 1.35 bits per heavy atom. The third kappa shape index (κ3) is 4.43. The van der Waals surface area contributed by atoms with Gasteiger partial charge in [0, 0.05) is 16.7 Å². The zero-order valence-corrected chi connectivity index (χ0v) is 12.0. The van der Waals surface area contributed by atoms with E-state index in [4.69, 9.17) is 38.2 Å². The summed E-state index contributed by atoms with van der Waals surface area (Å²) in [6, 6.07) is 2.84. The molecule has 1 aromatic rings. The maximum Gasteiger partial charge on any atom is 0.344 e. The van der Waals surface area contributed by atoms with E-state index in [9.17, 15) is 9.59 Å². The second kappa shape index (κ2) is 7.17. The highest BCUT2D eigenvalue weighted by Crippen LogP contribution is 2.34. The molecule has 5 nitrogen and oxygen atoms in total. The molecule has 108 valence electrons. The summed E-state index contributed by atoms with van der Waals surface area (Å²) in [5.74, 6) is -2.20. The van der Waals surface area contributed by atoms with Crippen LogP contribution in [0.5, 0.6) is 5.75 Å². The fourth-order valence-electron chi connectivity index (χ4n) is 1.44. The molecule has 0 heterocycles. The van der Waals surface area contributed by atoms with Crippen LogP contribution in [0.25, 0.3) is 6.08 Å². The van der Waals surface area contributed by atoms with Gasteiger partial charge in [-0.25, -0.2) is 9.59 Å². The van der Waals surface area contributed by atoms with Gasteiger partial charge in [0.05, 0.1) is 5.02 Å². The van der Waals surface area contributed by atoms with Gasteiger partial charge in [0.1, 0.15) is 5.75 Å². The highest BCUT2D eigenvalue weighted by molar-refractivity contribution is 6.36. The molecule has 0 aliphatic rings. The Morgan fingerprint density at radius 3 is 2.50 bits per heavy atom. The van der Waals surface area contributed by atoms with Crippen molar-refractivity contribution < 1.29 is 24.5 Å². The van der Waals surface area contributed by atoms with E-state index in [1.165, 1.54) is 18.2 Å². The van der Waals surface area contributed by atoms with Crippen molar-refractivity contribution in [1.82, 2.24) is 0 Å². The molecule has 0 amide bonds. The minimum atomic E-state index is -1.16. The normalized spacial score (nSPS) is 12.3. The molecule has 2 N–H and O–H groups in total. The third-order valence-corrected chi connectivity index (χ3v) is 2.85. The summed E-state index contributed by atoms with van der Waals surface area (Å²) in [7, 11) is 0. The van der Waals surface area contributed by atoms with Gasteiger partial charge >= 0.3 is 11.9 Å². The van der Waals surface area contributed by atoms with Gasteiger partial charge in [-0.3, -0.25) is 0 Å². The van der Waals surface area contributed by atoms with Crippen molar-refractivity contribution in [2.45, 2.75) is 19.4 Å². The summed E-state index contributed by atoms with van der Waals surface area (Å²) in [5, 5.41) is 18.0. The third-order valence-electron chi connectivity index (χ3n) is 2.35. The van der Waals surface area contributed by atoms with Gasteiger partial charge in [0.2, 0.25) is 0 Å². The van der Waals surface area contributed by atoms with Crippen LogP contribution >= 0.6 is 23.2 Å². The SMILES string of the molecule is CCC(Oc1c(Cl)cc(Cl)cc1C=CC(=O)O)C(=O)O. The van der Waals surface area contributed by atoms with E-state index in [-0.39, 0.29) is 22.2 Å². The van der Waals surface area contributed by atoms with Gasteiger partial charge in [-0.2, -0.15) is 0 Å². The van der Waals surface area contributed by atoms with E-state index in [1.807, 2.05) is 0 Å². The minimum absolute atomic E-state index is 0.0859. The lowest BCUT2D eigenvalue weighted by atomic mass is 10.1. The number of hydrogen-bond acceptors (Lipinski definition) is 3. The first-order chi connectivity index (χ1) is 9.35. The molecule has 1 aromatic carbocycles. The van der Waals surface area contributed by atoms with Crippen molar-refractivity contribution in [1.29, 1.82) is 0 Å². The van der Waals surface area contributed by atoms with Gasteiger partial charge in [0.15, 0.2) is 6.10 Å². The molecule has 1 atom stereocenters. The lowest BCUT2D eigenvalue weighted by Crippen LogP contribution is -2.26. The predicted molar refractivity (Wildman–Crippen MR) is 75.5 cm³/mol. The molecule has 0 aliphatic heterocycles. The van der Waals surface area contributed by atoms with Gasteiger partial charge in [-0.1, -0.05) is 30.1 Å². The van der Waals surface area contributed by atoms with E-state index in [0.717, 1.165) is 6.08 Å². The van der Waals surface area contributed by atoms with Crippen LogP contribution in [-0.2, 0) is 9.59 Å². The number of aliphatic carboxylic acids is 2. The van der Waals surface area contributed by atoms with Crippen molar-refractivity contribution in [3.05, 3.63) is 33.8 Å². The maximum atomic E-state index is 11.0. The van der Waals surface area contributed by atoms with Crippen LogP contribution in [0.2, 0.25) is 10.0 Å². The van der Waals surface area contributed by atoms with E-state index >= 15 is 0 Å². The molecular weight excluding hydrogens is 307 g/mol. The molecular formula is C13H12Cl2O5. The first-order valence-electron chi connectivity index (χ1n) is 5.64. The van der Waals surface area contributed by atoms with E-state index in [1.54, 1.807) is 6.92 Å². The highest BCUT2D eigenvalue weighted by Gasteiger charge is 2.20. The predicted octanol–water partition coefficient (Wildman–Crippen LogP) is 3.33. The first kappa shape index (κ1) is 16.3. The monoisotopic (exact) mass is 318 g/mol. The quantitative estimate of drug-likeness (QED) is 0.786. The molecule has 1 unspecified atom stereocenters. The molecule has 0 aromatic heterocycles. The van der Waals surface area contributed by atoms with Gasteiger partial charge in [-0.15, -0.1) is 0 Å². The number of halogens is 2. The van der Waals surface area contributed by atoms with Crippen molar-refractivity contribution >= 4 is 41.2 Å². The van der Waals surface area contributed by atoms with E-state index in [0.29, 0.717) is 5.56 Å². The molecule has 0 aliphatic carbocycles. The van der Waals surface area contributed by atoms with Crippen LogP contribution in [0, 0.1) is 0 Å². The topological polar surface area (TPSA) is 83.8 Å². The molecule has 0 spiro atoms. The Kier molecular flexibility index (Phi) is 5.85. The number of carbonyl (C=O) groups is 2. The summed E-state index contributed by atoms with van der Waals surface area (Å²) >= 11 is 11.8. The minimum Gasteiger partial charge on any atom is -0.479 e. The largest absolute Gasteiger partial charge is 0.479 e. The fraction of sp³-hybridized carbons (Fsp3) is 0.231. The lowest BCUT2D eigenvalue weighted by Gasteiger charge is -2.16. The zero-order chi connectivity index (χ0) is 15.3. The molecule has 0 saturated heterocycles. The summed E-state index contributed by atoms with van der Waals surface area (Å²) in [4.78, 5) is 21.5. The summed E-state index contributed by atoms with van der Waals surface area (Å²) in [6.45, 7) is 1.65. The number of carboxylic acids is 2. The number of carboxylic acid groups (broad SMARTS) is 2. The molecule has 0 bridgehead atoms. The van der Waals surface area contributed by atoms with Crippen LogP contribution in [0.1, 0.15) is 18.9 Å². The van der Waals surface area contributed by atoms with Gasteiger partial charge in [-0.05, 0) is 24.6 Å². The molecule has 0 radical (unpaired) electrons. The van der Waals surface area contributed by atoms with Crippen LogP contribution in [-0.4, -0.2) is 28.3 Å². The standard InChI is InChI=1S/C13H12Cl2O5/c1-2-10(13(18)19)20-12-7(3-4-11(16)17)5-8(14)6-9(12)15/h3-6,10H,2H2,1H3,(H,16,17)(H,18,19). The Balaban J connectivity index is 3.22. The summed E-state index contributed by atoms with van der Waals surface area (Å²) < 4.78 is 5.34. The number of hydrogen-bond donors (Lipinski definition) is 2. The molecule has 0 fully saturated rings. The van der Waals surface area contributed by atoms with Crippen molar-refractivity contribution in [2.24, 2.45) is 0 Å².